The molecule has 0 radical (unpaired) electrons. The summed E-state index contributed by atoms with van der Waals surface area (Å²) in [6.45, 7) is 6.93. The lowest BCUT2D eigenvalue weighted by Crippen LogP contribution is -2.44. The van der Waals surface area contributed by atoms with E-state index in [9.17, 15) is 5.11 Å². The molecule has 2 unspecified atom stereocenters. The maximum absolute atomic E-state index is 10.6. The second kappa shape index (κ2) is 4.56. The Balaban J connectivity index is 1.92. The van der Waals surface area contributed by atoms with E-state index >= 15 is 0 Å². The molecule has 1 N–H and O–H groups in total. The van der Waals surface area contributed by atoms with E-state index in [1.807, 2.05) is 6.07 Å². The Labute approximate surface area is 108 Å². The average Bonchev–Trinajstić information content (AvgIpc) is 2.88. The van der Waals surface area contributed by atoms with Crippen molar-refractivity contribution in [3.05, 3.63) is 28.8 Å². The van der Waals surface area contributed by atoms with E-state index in [0.29, 0.717) is 6.61 Å². The minimum atomic E-state index is -0.411. The Morgan fingerprint density at radius 3 is 2.67 bits per heavy atom. The molecule has 18 heavy (non-hydrogen) atoms. The molecule has 2 aliphatic rings. The number of aryl methyl sites for hydroxylation is 1. The van der Waals surface area contributed by atoms with Crippen LogP contribution in [0.3, 0.4) is 0 Å². The summed E-state index contributed by atoms with van der Waals surface area (Å²) in [6.07, 6.45) is 2.07. The number of fused-ring (bicyclic) bond motifs is 1. The van der Waals surface area contributed by atoms with E-state index in [1.165, 1.54) is 18.4 Å². The lowest BCUT2D eigenvalue weighted by atomic mass is 9.94. The summed E-state index contributed by atoms with van der Waals surface area (Å²) in [5.41, 5.74) is 3.34. The minimum Gasteiger partial charge on any atom is -0.491 e. The molecule has 2 aliphatic heterocycles. The molecule has 98 valence electrons. The number of aliphatic hydroxyl groups is 1. The molecule has 0 spiro atoms. The highest BCUT2D eigenvalue weighted by atomic mass is 16.5. The Morgan fingerprint density at radius 2 is 1.94 bits per heavy atom. The molecule has 1 fully saturated rings. The number of benzene rings is 1. The van der Waals surface area contributed by atoms with Gasteiger partial charge in [-0.2, -0.15) is 0 Å². The molecular formula is C15H21NO2. The van der Waals surface area contributed by atoms with Crippen molar-refractivity contribution in [2.45, 2.75) is 38.8 Å². The molecule has 3 nitrogen and oxygen atoms in total. The first-order valence-electron chi connectivity index (χ1n) is 6.83. The number of hydrogen-bond donors (Lipinski definition) is 1. The molecule has 0 aliphatic carbocycles. The lowest BCUT2D eigenvalue weighted by molar-refractivity contribution is 0.0137. The maximum Gasteiger partial charge on any atom is 0.128 e. The molecule has 3 heteroatoms. The predicted octanol–water partition coefficient (Wildman–Crippen LogP) is 2.19. The van der Waals surface area contributed by atoms with Gasteiger partial charge in [0.15, 0.2) is 0 Å². The number of nitrogens with zero attached hydrogens (tertiary/aromatic N) is 1. The van der Waals surface area contributed by atoms with Crippen molar-refractivity contribution in [2.24, 2.45) is 0 Å². The van der Waals surface area contributed by atoms with Crippen LogP contribution in [0.25, 0.3) is 0 Å². The molecule has 3 rings (SSSR count). The van der Waals surface area contributed by atoms with Crippen LogP contribution in [-0.4, -0.2) is 35.7 Å². The molecule has 0 bridgehead atoms. The third-order valence-electron chi connectivity index (χ3n) is 4.40. The van der Waals surface area contributed by atoms with Crippen LogP contribution in [0.15, 0.2) is 12.1 Å². The average molecular weight is 247 g/mol. The van der Waals surface area contributed by atoms with Crippen molar-refractivity contribution in [2.75, 3.05) is 19.7 Å². The standard InChI is InChI=1S/C15H21NO2/c1-10-5-6-12-14(17)13(16-7-3-4-8-16)9-18-15(12)11(10)2/h5-6,13-14,17H,3-4,7-9H2,1-2H3. The quantitative estimate of drug-likeness (QED) is 0.825. The van der Waals surface area contributed by atoms with Crippen LogP contribution in [0.5, 0.6) is 5.75 Å². The van der Waals surface area contributed by atoms with Crippen molar-refractivity contribution in [1.29, 1.82) is 0 Å². The first-order valence-corrected chi connectivity index (χ1v) is 6.83. The highest BCUT2D eigenvalue weighted by Crippen LogP contribution is 2.38. The first-order chi connectivity index (χ1) is 8.68. The second-order valence-corrected chi connectivity index (χ2v) is 5.49. The topological polar surface area (TPSA) is 32.7 Å². The Hall–Kier alpha value is -1.06. The monoisotopic (exact) mass is 247 g/mol. The summed E-state index contributed by atoms with van der Waals surface area (Å²) >= 11 is 0. The molecule has 1 aromatic carbocycles. The lowest BCUT2D eigenvalue weighted by Gasteiger charge is -2.37. The summed E-state index contributed by atoms with van der Waals surface area (Å²) < 4.78 is 5.93. The van der Waals surface area contributed by atoms with Gasteiger partial charge in [0.2, 0.25) is 0 Å². The zero-order valence-electron chi connectivity index (χ0n) is 11.1. The molecular weight excluding hydrogens is 226 g/mol. The Kier molecular flexibility index (Phi) is 3.04. The van der Waals surface area contributed by atoms with Crippen LogP contribution >= 0.6 is 0 Å². The number of hydrogen-bond acceptors (Lipinski definition) is 3. The van der Waals surface area contributed by atoms with Gasteiger partial charge in [-0.05, 0) is 50.9 Å². The maximum atomic E-state index is 10.6. The SMILES string of the molecule is Cc1ccc2c(c1C)OCC(N1CCCC1)C2O. The predicted molar refractivity (Wildman–Crippen MR) is 71.0 cm³/mol. The molecule has 1 saturated heterocycles. The highest BCUT2D eigenvalue weighted by Gasteiger charge is 2.35. The largest absolute Gasteiger partial charge is 0.491 e. The van der Waals surface area contributed by atoms with Gasteiger partial charge in [-0.25, -0.2) is 0 Å². The van der Waals surface area contributed by atoms with Crippen molar-refractivity contribution in [1.82, 2.24) is 4.90 Å². The summed E-state index contributed by atoms with van der Waals surface area (Å²) in [4.78, 5) is 2.36. The fraction of sp³-hybridized carbons (Fsp3) is 0.600. The van der Waals surface area contributed by atoms with E-state index in [1.54, 1.807) is 0 Å². The highest BCUT2D eigenvalue weighted by molar-refractivity contribution is 5.48. The van der Waals surface area contributed by atoms with Gasteiger partial charge in [-0.1, -0.05) is 12.1 Å². The normalized spacial score (nSPS) is 27.9. The van der Waals surface area contributed by atoms with Gasteiger partial charge in [0.25, 0.3) is 0 Å². The third kappa shape index (κ3) is 1.82. The van der Waals surface area contributed by atoms with Gasteiger partial charge >= 0.3 is 0 Å². The van der Waals surface area contributed by atoms with Crippen LogP contribution < -0.4 is 4.74 Å². The van der Waals surface area contributed by atoms with Crippen molar-refractivity contribution in [3.8, 4) is 5.75 Å². The summed E-state index contributed by atoms with van der Waals surface area (Å²) in [5.74, 6) is 0.901. The van der Waals surface area contributed by atoms with Gasteiger partial charge in [0.05, 0.1) is 6.04 Å². The smallest absolute Gasteiger partial charge is 0.128 e. The van der Waals surface area contributed by atoms with Crippen LogP contribution in [-0.2, 0) is 0 Å². The summed E-state index contributed by atoms with van der Waals surface area (Å²) in [6, 6.07) is 4.22. The number of likely N-dealkylation sites (tertiary alicyclic amines) is 1. The van der Waals surface area contributed by atoms with Crippen LogP contribution in [0.1, 0.15) is 35.6 Å². The van der Waals surface area contributed by atoms with Crippen LogP contribution in [0.2, 0.25) is 0 Å². The molecule has 0 aromatic heterocycles. The van der Waals surface area contributed by atoms with E-state index < -0.39 is 6.10 Å². The molecule has 0 saturated carbocycles. The Morgan fingerprint density at radius 1 is 1.22 bits per heavy atom. The minimum absolute atomic E-state index is 0.127. The van der Waals surface area contributed by atoms with E-state index in [2.05, 4.69) is 24.8 Å². The van der Waals surface area contributed by atoms with E-state index in [-0.39, 0.29) is 6.04 Å². The zero-order chi connectivity index (χ0) is 12.7. The van der Waals surface area contributed by atoms with Gasteiger partial charge < -0.3 is 9.84 Å². The molecule has 2 heterocycles. The van der Waals surface area contributed by atoms with Gasteiger partial charge in [-0.15, -0.1) is 0 Å². The van der Waals surface area contributed by atoms with E-state index in [4.69, 9.17) is 4.74 Å². The van der Waals surface area contributed by atoms with E-state index in [0.717, 1.165) is 30.0 Å². The van der Waals surface area contributed by atoms with Crippen molar-refractivity contribution < 1.29 is 9.84 Å². The number of ether oxygens (including phenoxy) is 1. The summed E-state index contributed by atoms with van der Waals surface area (Å²) in [7, 11) is 0. The molecule has 1 aromatic rings. The van der Waals surface area contributed by atoms with Gasteiger partial charge in [0.1, 0.15) is 18.5 Å². The van der Waals surface area contributed by atoms with Crippen LogP contribution in [0.4, 0.5) is 0 Å². The van der Waals surface area contributed by atoms with Crippen molar-refractivity contribution >= 4 is 0 Å². The fourth-order valence-corrected chi connectivity index (χ4v) is 3.08. The van der Waals surface area contributed by atoms with Crippen LogP contribution in [0, 0.1) is 13.8 Å². The zero-order valence-corrected chi connectivity index (χ0v) is 11.1. The summed E-state index contributed by atoms with van der Waals surface area (Å²) in [5, 5.41) is 10.6. The van der Waals surface area contributed by atoms with Crippen molar-refractivity contribution in [3.63, 3.8) is 0 Å². The fourth-order valence-electron chi connectivity index (χ4n) is 3.08. The number of aliphatic hydroxyl groups excluding tert-OH is 1. The second-order valence-electron chi connectivity index (χ2n) is 5.49. The van der Waals surface area contributed by atoms with Gasteiger partial charge in [-0.3, -0.25) is 4.90 Å². The molecule has 0 amide bonds. The third-order valence-corrected chi connectivity index (χ3v) is 4.40. The van der Waals surface area contributed by atoms with Gasteiger partial charge in [0, 0.05) is 5.56 Å². The molecule has 2 atom stereocenters. The first kappa shape index (κ1) is 12.0. The number of rotatable bonds is 1. The Bertz CT molecular complexity index is 452.